The van der Waals surface area contributed by atoms with E-state index in [1.54, 1.807) is 0 Å². The van der Waals surface area contributed by atoms with E-state index in [0.717, 1.165) is 40.6 Å². The Hall–Kier alpha value is -2.04. The molecule has 0 aliphatic carbocycles. The number of benzene rings is 2. The maximum absolute atomic E-state index is 12.2. The smallest absolute Gasteiger partial charge is 0.234 e. The fourth-order valence-electron chi connectivity index (χ4n) is 3.79. The SMILES string of the molecule is Cc1c(Cl)cccc1C1(Nc2ccc3c(c2)NC(=O)C3(C)C)CNC1. The number of nitrogens with one attached hydrogen (secondary N) is 3. The van der Waals surface area contributed by atoms with Crippen molar-refractivity contribution < 1.29 is 4.79 Å². The summed E-state index contributed by atoms with van der Waals surface area (Å²) in [6.07, 6.45) is 0. The first-order valence-electron chi connectivity index (χ1n) is 8.54. The monoisotopic (exact) mass is 355 g/mol. The predicted octanol–water partition coefficient (Wildman–Crippen LogP) is 3.79. The summed E-state index contributed by atoms with van der Waals surface area (Å²) in [6.45, 7) is 7.64. The van der Waals surface area contributed by atoms with E-state index in [9.17, 15) is 4.79 Å². The van der Waals surface area contributed by atoms with Crippen LogP contribution in [0.3, 0.4) is 0 Å². The molecule has 1 amide bonds. The zero-order chi connectivity index (χ0) is 17.8. The highest BCUT2D eigenvalue weighted by molar-refractivity contribution is 6.31. The molecule has 0 saturated carbocycles. The van der Waals surface area contributed by atoms with E-state index in [0.29, 0.717) is 0 Å². The molecule has 2 aromatic rings. The van der Waals surface area contributed by atoms with Crippen LogP contribution < -0.4 is 16.0 Å². The molecule has 2 aromatic carbocycles. The van der Waals surface area contributed by atoms with Gasteiger partial charge in [0.1, 0.15) is 0 Å². The van der Waals surface area contributed by atoms with Gasteiger partial charge in [-0.3, -0.25) is 4.79 Å². The van der Waals surface area contributed by atoms with Crippen molar-refractivity contribution in [2.75, 3.05) is 23.7 Å². The average Bonchev–Trinajstić information content (AvgIpc) is 2.75. The minimum atomic E-state index is -0.479. The van der Waals surface area contributed by atoms with Crippen molar-refractivity contribution in [2.45, 2.75) is 31.7 Å². The Bertz CT molecular complexity index is 871. The van der Waals surface area contributed by atoms with Gasteiger partial charge in [-0.1, -0.05) is 29.8 Å². The topological polar surface area (TPSA) is 53.2 Å². The summed E-state index contributed by atoms with van der Waals surface area (Å²) < 4.78 is 0. The van der Waals surface area contributed by atoms with Crippen LogP contribution in [-0.4, -0.2) is 19.0 Å². The molecule has 130 valence electrons. The van der Waals surface area contributed by atoms with Crippen molar-refractivity contribution in [3.63, 3.8) is 0 Å². The van der Waals surface area contributed by atoms with Crippen LogP contribution in [0.25, 0.3) is 0 Å². The Morgan fingerprint density at radius 1 is 1.12 bits per heavy atom. The maximum atomic E-state index is 12.2. The van der Waals surface area contributed by atoms with E-state index in [4.69, 9.17) is 11.6 Å². The molecule has 2 heterocycles. The molecule has 0 aromatic heterocycles. The summed E-state index contributed by atoms with van der Waals surface area (Å²) in [5, 5.41) is 10.8. The molecule has 0 spiro atoms. The first-order chi connectivity index (χ1) is 11.8. The second kappa shape index (κ2) is 5.48. The van der Waals surface area contributed by atoms with Gasteiger partial charge in [0.05, 0.1) is 11.0 Å². The second-order valence-electron chi connectivity index (χ2n) is 7.56. The highest BCUT2D eigenvalue weighted by atomic mass is 35.5. The van der Waals surface area contributed by atoms with Crippen molar-refractivity contribution in [3.8, 4) is 0 Å². The molecule has 4 nitrogen and oxygen atoms in total. The minimum Gasteiger partial charge on any atom is -0.373 e. The summed E-state index contributed by atoms with van der Waals surface area (Å²) >= 11 is 6.33. The lowest BCUT2D eigenvalue weighted by Gasteiger charge is -2.45. The van der Waals surface area contributed by atoms with Crippen LogP contribution in [-0.2, 0) is 15.7 Å². The van der Waals surface area contributed by atoms with Gasteiger partial charge in [0, 0.05) is 29.5 Å². The van der Waals surface area contributed by atoms with Gasteiger partial charge >= 0.3 is 0 Å². The molecule has 5 heteroatoms. The molecule has 1 fully saturated rings. The van der Waals surface area contributed by atoms with Gasteiger partial charge in [0.2, 0.25) is 5.91 Å². The molecule has 25 heavy (non-hydrogen) atoms. The van der Waals surface area contributed by atoms with Crippen LogP contribution in [0.4, 0.5) is 11.4 Å². The Labute approximate surface area is 153 Å². The number of carbonyl (C=O) groups is 1. The number of anilines is 2. The average molecular weight is 356 g/mol. The van der Waals surface area contributed by atoms with Gasteiger partial charge in [0.15, 0.2) is 0 Å². The Morgan fingerprint density at radius 2 is 1.88 bits per heavy atom. The lowest BCUT2D eigenvalue weighted by atomic mass is 9.81. The van der Waals surface area contributed by atoms with Gasteiger partial charge in [-0.25, -0.2) is 0 Å². The predicted molar refractivity (Wildman–Crippen MR) is 102 cm³/mol. The van der Waals surface area contributed by atoms with E-state index < -0.39 is 5.41 Å². The fraction of sp³-hybridized carbons (Fsp3) is 0.350. The van der Waals surface area contributed by atoms with Crippen molar-refractivity contribution in [2.24, 2.45) is 0 Å². The first-order valence-corrected chi connectivity index (χ1v) is 8.92. The number of carbonyl (C=O) groups excluding carboxylic acids is 1. The highest BCUT2D eigenvalue weighted by Crippen LogP contribution is 2.40. The van der Waals surface area contributed by atoms with Gasteiger partial charge in [-0.05, 0) is 55.7 Å². The summed E-state index contributed by atoms with van der Waals surface area (Å²) in [7, 11) is 0. The Morgan fingerprint density at radius 3 is 2.56 bits per heavy atom. The number of rotatable bonds is 3. The van der Waals surface area contributed by atoms with Gasteiger partial charge in [-0.15, -0.1) is 0 Å². The normalized spacial score (nSPS) is 19.8. The van der Waals surface area contributed by atoms with E-state index in [1.165, 1.54) is 5.56 Å². The third-order valence-electron chi connectivity index (χ3n) is 5.53. The van der Waals surface area contributed by atoms with Crippen LogP contribution in [0.15, 0.2) is 36.4 Å². The van der Waals surface area contributed by atoms with Gasteiger partial charge in [-0.2, -0.15) is 0 Å². The van der Waals surface area contributed by atoms with E-state index in [2.05, 4.69) is 35.0 Å². The van der Waals surface area contributed by atoms with Crippen molar-refractivity contribution >= 4 is 28.9 Å². The Kier molecular flexibility index (Phi) is 3.60. The second-order valence-corrected chi connectivity index (χ2v) is 7.97. The highest BCUT2D eigenvalue weighted by Gasteiger charge is 2.41. The maximum Gasteiger partial charge on any atom is 0.234 e. The van der Waals surface area contributed by atoms with E-state index in [-0.39, 0.29) is 11.4 Å². The number of amides is 1. The lowest BCUT2D eigenvalue weighted by molar-refractivity contribution is -0.119. The molecule has 0 unspecified atom stereocenters. The molecular formula is C20H22ClN3O. The van der Waals surface area contributed by atoms with Crippen LogP contribution in [0.2, 0.25) is 5.02 Å². The van der Waals surface area contributed by atoms with Crippen molar-refractivity contribution in [1.29, 1.82) is 0 Å². The van der Waals surface area contributed by atoms with Crippen LogP contribution >= 0.6 is 11.6 Å². The van der Waals surface area contributed by atoms with Gasteiger partial charge in [0.25, 0.3) is 0 Å². The van der Waals surface area contributed by atoms with Crippen molar-refractivity contribution in [1.82, 2.24) is 5.32 Å². The first kappa shape index (κ1) is 16.4. The number of fused-ring (bicyclic) bond motifs is 1. The largest absolute Gasteiger partial charge is 0.373 e. The molecule has 2 aliphatic heterocycles. The Balaban J connectivity index is 1.69. The third kappa shape index (κ3) is 2.43. The van der Waals surface area contributed by atoms with Crippen LogP contribution in [0, 0.1) is 6.92 Å². The molecule has 0 radical (unpaired) electrons. The molecule has 0 bridgehead atoms. The molecule has 1 saturated heterocycles. The zero-order valence-electron chi connectivity index (χ0n) is 14.7. The summed E-state index contributed by atoms with van der Waals surface area (Å²) in [5.74, 6) is 0.0466. The number of halogens is 1. The number of hydrogen-bond acceptors (Lipinski definition) is 3. The molecular weight excluding hydrogens is 334 g/mol. The fourth-order valence-corrected chi connectivity index (χ4v) is 3.97. The molecule has 4 rings (SSSR count). The van der Waals surface area contributed by atoms with E-state index in [1.807, 2.05) is 38.1 Å². The quantitative estimate of drug-likeness (QED) is 0.785. The van der Waals surface area contributed by atoms with Crippen LogP contribution in [0.1, 0.15) is 30.5 Å². The summed E-state index contributed by atoms with van der Waals surface area (Å²) in [5.41, 5.74) is 4.59. The zero-order valence-corrected chi connectivity index (χ0v) is 15.4. The summed E-state index contributed by atoms with van der Waals surface area (Å²) in [4.78, 5) is 12.2. The lowest BCUT2D eigenvalue weighted by Crippen LogP contribution is -2.61. The minimum absolute atomic E-state index is 0.0466. The molecule has 0 atom stereocenters. The number of hydrogen-bond donors (Lipinski definition) is 3. The van der Waals surface area contributed by atoms with Crippen molar-refractivity contribution in [3.05, 3.63) is 58.1 Å². The van der Waals surface area contributed by atoms with Gasteiger partial charge < -0.3 is 16.0 Å². The molecule has 3 N–H and O–H groups in total. The van der Waals surface area contributed by atoms with E-state index >= 15 is 0 Å². The molecule has 2 aliphatic rings. The standard InChI is InChI=1S/C20H22ClN3O/c1-12-14(5-4-6-16(12)21)20(10-22-11-20)24-13-7-8-15-17(9-13)23-18(25)19(15,2)3/h4-9,22,24H,10-11H2,1-3H3,(H,23,25). The van der Waals surface area contributed by atoms with Crippen LogP contribution in [0.5, 0.6) is 0 Å². The summed E-state index contributed by atoms with van der Waals surface area (Å²) in [6, 6.07) is 12.2. The third-order valence-corrected chi connectivity index (χ3v) is 5.94.